The monoisotopic (exact) mass is 320 g/mol. The number of aryl methyl sites for hydroxylation is 1. The highest BCUT2D eigenvalue weighted by Gasteiger charge is 2.00. The zero-order chi connectivity index (χ0) is 13.7. The Labute approximate surface area is 122 Å². The highest BCUT2D eigenvalue weighted by atomic mass is 79.9. The van der Waals surface area contributed by atoms with Crippen LogP contribution in [0, 0.1) is 6.92 Å². The van der Waals surface area contributed by atoms with Gasteiger partial charge in [-0.1, -0.05) is 22.0 Å². The number of anilines is 1. The zero-order valence-corrected chi connectivity index (χ0v) is 12.7. The van der Waals surface area contributed by atoms with E-state index in [0.29, 0.717) is 6.61 Å². The molecule has 0 saturated heterocycles. The molecule has 3 nitrogen and oxygen atoms in total. The highest BCUT2D eigenvalue weighted by molar-refractivity contribution is 9.10. The molecule has 2 aromatic rings. The van der Waals surface area contributed by atoms with E-state index in [2.05, 4.69) is 33.2 Å². The predicted molar refractivity (Wildman–Crippen MR) is 81.6 cm³/mol. The lowest BCUT2D eigenvalue weighted by atomic mass is 10.2. The Kier molecular flexibility index (Phi) is 4.80. The molecule has 100 valence electrons. The van der Waals surface area contributed by atoms with Gasteiger partial charge in [-0.05, 0) is 43.7 Å². The maximum absolute atomic E-state index is 5.75. The second-order valence-corrected chi connectivity index (χ2v) is 5.14. The number of hydrogen-bond donors (Lipinski definition) is 1. The van der Waals surface area contributed by atoms with E-state index in [1.807, 2.05) is 43.5 Å². The number of nitrogens with zero attached hydrogens (tertiary/aromatic N) is 1. The first-order valence-corrected chi connectivity index (χ1v) is 7.06. The number of benzene rings is 1. The van der Waals surface area contributed by atoms with Gasteiger partial charge in [0.1, 0.15) is 18.2 Å². The van der Waals surface area contributed by atoms with Gasteiger partial charge in [-0.25, -0.2) is 4.98 Å². The molecule has 0 fully saturated rings. The van der Waals surface area contributed by atoms with Crippen molar-refractivity contribution in [2.24, 2.45) is 0 Å². The molecule has 0 unspecified atom stereocenters. The van der Waals surface area contributed by atoms with Crippen molar-refractivity contribution in [2.75, 3.05) is 11.9 Å². The van der Waals surface area contributed by atoms with Crippen LogP contribution in [0.5, 0.6) is 5.75 Å². The van der Waals surface area contributed by atoms with Gasteiger partial charge in [0.2, 0.25) is 0 Å². The molecule has 19 heavy (non-hydrogen) atoms. The highest BCUT2D eigenvalue weighted by Crippen LogP contribution is 2.22. The van der Waals surface area contributed by atoms with Crippen LogP contribution in [0.2, 0.25) is 0 Å². The molecular formula is C15H17BrN2O. The molecule has 0 aliphatic carbocycles. The lowest BCUT2D eigenvalue weighted by molar-refractivity contribution is 0.305. The minimum atomic E-state index is 0.528. The van der Waals surface area contributed by atoms with Crippen molar-refractivity contribution < 1.29 is 4.74 Å². The molecule has 1 aromatic carbocycles. The summed E-state index contributed by atoms with van der Waals surface area (Å²) in [6, 6.07) is 9.96. The van der Waals surface area contributed by atoms with E-state index in [1.165, 1.54) is 0 Å². The Bertz CT molecular complexity index is 540. The zero-order valence-electron chi connectivity index (χ0n) is 11.1. The van der Waals surface area contributed by atoms with E-state index < -0.39 is 0 Å². The molecule has 0 atom stereocenters. The number of pyridine rings is 1. The summed E-state index contributed by atoms with van der Waals surface area (Å²) in [7, 11) is 0. The molecule has 0 amide bonds. The van der Waals surface area contributed by atoms with Gasteiger partial charge < -0.3 is 10.1 Å². The average Bonchev–Trinajstić information content (AvgIpc) is 2.42. The maximum Gasteiger partial charge on any atom is 0.125 e. The fraction of sp³-hybridized carbons (Fsp3) is 0.267. The van der Waals surface area contributed by atoms with Crippen molar-refractivity contribution in [2.45, 2.75) is 20.5 Å². The van der Waals surface area contributed by atoms with Crippen LogP contribution < -0.4 is 10.1 Å². The van der Waals surface area contributed by atoms with Crippen molar-refractivity contribution in [1.29, 1.82) is 0 Å². The molecule has 0 spiro atoms. The van der Waals surface area contributed by atoms with E-state index in [1.54, 1.807) is 0 Å². The van der Waals surface area contributed by atoms with Crippen molar-refractivity contribution in [1.82, 2.24) is 4.98 Å². The number of halogens is 1. The normalized spacial score (nSPS) is 10.3. The summed E-state index contributed by atoms with van der Waals surface area (Å²) in [5, 5.41) is 3.17. The second-order valence-electron chi connectivity index (χ2n) is 4.28. The topological polar surface area (TPSA) is 34.1 Å². The van der Waals surface area contributed by atoms with Crippen LogP contribution in [0.25, 0.3) is 0 Å². The summed E-state index contributed by atoms with van der Waals surface area (Å²) in [4.78, 5) is 4.31. The molecule has 0 aliphatic heterocycles. The fourth-order valence-corrected chi connectivity index (χ4v) is 1.92. The van der Waals surface area contributed by atoms with Gasteiger partial charge in [-0.2, -0.15) is 0 Å². The van der Waals surface area contributed by atoms with Crippen LogP contribution >= 0.6 is 15.9 Å². The first-order valence-electron chi connectivity index (χ1n) is 6.27. The molecule has 1 heterocycles. The Morgan fingerprint density at radius 2 is 2.11 bits per heavy atom. The van der Waals surface area contributed by atoms with Crippen LogP contribution in [0.3, 0.4) is 0 Å². The van der Waals surface area contributed by atoms with E-state index in [-0.39, 0.29) is 0 Å². The maximum atomic E-state index is 5.75. The second kappa shape index (κ2) is 6.57. The van der Waals surface area contributed by atoms with Gasteiger partial charge >= 0.3 is 0 Å². The third-order valence-electron chi connectivity index (χ3n) is 2.72. The number of nitrogens with one attached hydrogen (secondary N) is 1. The van der Waals surface area contributed by atoms with Crippen LogP contribution in [0.1, 0.15) is 18.1 Å². The molecule has 1 aromatic heterocycles. The lowest BCUT2D eigenvalue weighted by Crippen LogP contribution is -2.01. The molecular weight excluding hydrogens is 304 g/mol. The first kappa shape index (κ1) is 13.9. The predicted octanol–water partition coefficient (Wildman–Crippen LogP) is 4.16. The smallest absolute Gasteiger partial charge is 0.125 e. The first-order chi connectivity index (χ1) is 9.19. The van der Waals surface area contributed by atoms with Crippen molar-refractivity contribution in [3.05, 3.63) is 52.1 Å². The van der Waals surface area contributed by atoms with Gasteiger partial charge in [0.05, 0.1) is 0 Å². The van der Waals surface area contributed by atoms with Gasteiger partial charge in [0.25, 0.3) is 0 Å². The van der Waals surface area contributed by atoms with Crippen LogP contribution in [-0.4, -0.2) is 11.5 Å². The Balaban J connectivity index is 1.96. The number of ether oxygens (including phenoxy) is 1. The van der Waals surface area contributed by atoms with E-state index in [0.717, 1.165) is 33.7 Å². The standard InChI is InChI=1S/C15H17BrN2O/c1-3-17-15-7-4-12(9-18-15)10-19-13-5-6-14(16)11(2)8-13/h4-9H,3,10H2,1-2H3,(H,17,18). The molecule has 1 N–H and O–H groups in total. The van der Waals surface area contributed by atoms with Crippen LogP contribution in [0.4, 0.5) is 5.82 Å². The van der Waals surface area contributed by atoms with Gasteiger partial charge in [0, 0.05) is 22.8 Å². The average molecular weight is 321 g/mol. The van der Waals surface area contributed by atoms with E-state index >= 15 is 0 Å². The molecule has 4 heteroatoms. The van der Waals surface area contributed by atoms with Crippen molar-refractivity contribution >= 4 is 21.7 Å². The Hall–Kier alpha value is -1.55. The molecule has 0 bridgehead atoms. The quantitative estimate of drug-likeness (QED) is 0.898. The van der Waals surface area contributed by atoms with E-state index in [4.69, 9.17) is 4.74 Å². The summed E-state index contributed by atoms with van der Waals surface area (Å²) in [5.41, 5.74) is 2.22. The SMILES string of the molecule is CCNc1ccc(COc2ccc(Br)c(C)c2)cn1. The fourth-order valence-electron chi connectivity index (χ4n) is 1.67. The Morgan fingerprint density at radius 1 is 1.26 bits per heavy atom. The number of hydrogen-bond acceptors (Lipinski definition) is 3. The third-order valence-corrected chi connectivity index (χ3v) is 3.61. The minimum Gasteiger partial charge on any atom is -0.489 e. The summed E-state index contributed by atoms with van der Waals surface area (Å²) < 4.78 is 6.84. The lowest BCUT2D eigenvalue weighted by Gasteiger charge is -2.08. The molecule has 2 rings (SSSR count). The van der Waals surface area contributed by atoms with Crippen LogP contribution in [-0.2, 0) is 6.61 Å². The Morgan fingerprint density at radius 3 is 2.74 bits per heavy atom. The van der Waals surface area contributed by atoms with E-state index in [9.17, 15) is 0 Å². The number of rotatable bonds is 5. The third kappa shape index (κ3) is 3.96. The number of aromatic nitrogens is 1. The van der Waals surface area contributed by atoms with Gasteiger partial charge in [-0.3, -0.25) is 0 Å². The molecule has 0 aliphatic rings. The molecule has 0 saturated carbocycles. The summed E-state index contributed by atoms with van der Waals surface area (Å²) >= 11 is 3.48. The summed E-state index contributed by atoms with van der Waals surface area (Å²) in [5.74, 6) is 1.77. The van der Waals surface area contributed by atoms with Gasteiger partial charge in [0.15, 0.2) is 0 Å². The molecule has 0 radical (unpaired) electrons. The summed E-state index contributed by atoms with van der Waals surface area (Å²) in [6.07, 6.45) is 1.84. The van der Waals surface area contributed by atoms with Gasteiger partial charge in [-0.15, -0.1) is 0 Å². The van der Waals surface area contributed by atoms with Crippen molar-refractivity contribution in [3.63, 3.8) is 0 Å². The largest absolute Gasteiger partial charge is 0.489 e. The van der Waals surface area contributed by atoms with Crippen LogP contribution in [0.15, 0.2) is 41.0 Å². The minimum absolute atomic E-state index is 0.528. The van der Waals surface area contributed by atoms with Crippen molar-refractivity contribution in [3.8, 4) is 5.75 Å². The summed E-state index contributed by atoms with van der Waals surface area (Å²) in [6.45, 7) is 5.50.